The lowest BCUT2D eigenvalue weighted by Gasteiger charge is -2.36. The van der Waals surface area contributed by atoms with E-state index >= 15 is 0 Å². The molecule has 0 bridgehead atoms. The number of fused-ring (bicyclic) bond motifs is 1. The van der Waals surface area contributed by atoms with E-state index < -0.39 is 5.60 Å². The number of para-hydroxylation sites is 2. The smallest absolute Gasteiger partial charge is 0.268 e. The van der Waals surface area contributed by atoms with Crippen molar-refractivity contribution in [3.05, 3.63) is 24.3 Å². The lowest BCUT2D eigenvalue weighted by molar-refractivity contribution is -0.133. The molecule has 80 valence electrons. The Bertz CT molecular complexity index is 383. The van der Waals surface area contributed by atoms with Crippen LogP contribution < -0.4 is 10.1 Å². The van der Waals surface area contributed by atoms with Gasteiger partial charge < -0.3 is 10.1 Å². The van der Waals surface area contributed by atoms with Gasteiger partial charge in [0.15, 0.2) is 5.60 Å². The number of nitrogens with one attached hydrogen (secondary N) is 1. The molecular formula is C12H15NO2. The van der Waals surface area contributed by atoms with E-state index in [9.17, 15) is 4.79 Å². The van der Waals surface area contributed by atoms with E-state index in [1.165, 1.54) is 0 Å². The standard InChI is InChI=1S/C12H15NO2/c1-3-12(4-2)11(14)13-9-7-5-6-8-10(9)15-12/h5-8H,3-4H2,1-2H3,(H,13,14). The highest BCUT2D eigenvalue weighted by Gasteiger charge is 2.41. The highest BCUT2D eigenvalue weighted by atomic mass is 16.5. The summed E-state index contributed by atoms with van der Waals surface area (Å²) >= 11 is 0. The van der Waals surface area contributed by atoms with Gasteiger partial charge in [-0.05, 0) is 25.0 Å². The van der Waals surface area contributed by atoms with E-state index in [0.29, 0.717) is 12.8 Å². The third-order valence-electron chi connectivity index (χ3n) is 3.00. The Morgan fingerprint density at radius 3 is 2.60 bits per heavy atom. The maximum atomic E-state index is 11.9. The fourth-order valence-corrected chi connectivity index (χ4v) is 1.87. The summed E-state index contributed by atoms with van der Waals surface area (Å²) in [5.74, 6) is 0.729. The molecule has 0 fully saturated rings. The van der Waals surface area contributed by atoms with Crippen molar-refractivity contribution in [1.29, 1.82) is 0 Å². The molecule has 0 unspecified atom stereocenters. The normalized spacial score (nSPS) is 17.6. The Balaban J connectivity index is 2.41. The van der Waals surface area contributed by atoms with Gasteiger partial charge in [0, 0.05) is 0 Å². The van der Waals surface area contributed by atoms with Crippen LogP contribution in [0.4, 0.5) is 5.69 Å². The number of carbonyl (C=O) groups is 1. The molecule has 1 aliphatic rings. The van der Waals surface area contributed by atoms with Gasteiger partial charge in [0.05, 0.1) is 5.69 Å². The molecule has 3 nitrogen and oxygen atoms in total. The van der Waals surface area contributed by atoms with Crippen LogP contribution in [0.5, 0.6) is 5.75 Å². The minimum atomic E-state index is -0.686. The molecule has 0 saturated carbocycles. The predicted molar refractivity (Wildman–Crippen MR) is 59.0 cm³/mol. The summed E-state index contributed by atoms with van der Waals surface area (Å²) in [6.45, 7) is 3.94. The average molecular weight is 205 g/mol. The van der Waals surface area contributed by atoms with Crippen molar-refractivity contribution in [3.8, 4) is 5.75 Å². The molecule has 0 atom stereocenters. The van der Waals surface area contributed by atoms with Crippen LogP contribution >= 0.6 is 0 Å². The van der Waals surface area contributed by atoms with Crippen molar-refractivity contribution in [2.75, 3.05) is 5.32 Å². The highest BCUT2D eigenvalue weighted by molar-refractivity contribution is 6.00. The van der Waals surface area contributed by atoms with Crippen molar-refractivity contribution in [2.24, 2.45) is 0 Å². The van der Waals surface area contributed by atoms with Crippen LogP contribution in [-0.4, -0.2) is 11.5 Å². The maximum absolute atomic E-state index is 11.9. The molecule has 15 heavy (non-hydrogen) atoms. The minimum absolute atomic E-state index is 0.0359. The maximum Gasteiger partial charge on any atom is 0.268 e. The number of benzene rings is 1. The van der Waals surface area contributed by atoms with Crippen LogP contribution in [0.2, 0.25) is 0 Å². The number of hydrogen-bond donors (Lipinski definition) is 1. The van der Waals surface area contributed by atoms with Gasteiger partial charge >= 0.3 is 0 Å². The van der Waals surface area contributed by atoms with Crippen molar-refractivity contribution in [3.63, 3.8) is 0 Å². The third kappa shape index (κ3) is 1.48. The van der Waals surface area contributed by atoms with E-state index in [1.54, 1.807) is 0 Å². The van der Waals surface area contributed by atoms with Gasteiger partial charge in [-0.2, -0.15) is 0 Å². The number of carbonyl (C=O) groups excluding carboxylic acids is 1. The van der Waals surface area contributed by atoms with Crippen LogP contribution in [0, 0.1) is 0 Å². The SMILES string of the molecule is CCC1(CC)Oc2ccccc2NC1=O. The molecule has 1 heterocycles. The molecule has 3 heteroatoms. The van der Waals surface area contributed by atoms with E-state index in [4.69, 9.17) is 4.74 Å². The molecule has 2 rings (SSSR count). The first kappa shape index (κ1) is 10.0. The lowest BCUT2D eigenvalue weighted by Crippen LogP contribution is -2.49. The number of anilines is 1. The largest absolute Gasteiger partial charge is 0.475 e. The molecule has 1 amide bonds. The Morgan fingerprint density at radius 2 is 1.93 bits per heavy atom. The van der Waals surface area contributed by atoms with E-state index in [2.05, 4.69) is 5.32 Å². The summed E-state index contributed by atoms with van der Waals surface area (Å²) in [5.41, 5.74) is 0.0778. The van der Waals surface area contributed by atoms with Gasteiger partial charge in [-0.25, -0.2) is 0 Å². The number of rotatable bonds is 2. The Morgan fingerprint density at radius 1 is 1.27 bits per heavy atom. The zero-order chi connectivity index (χ0) is 10.9. The first-order chi connectivity index (χ1) is 7.22. The topological polar surface area (TPSA) is 38.3 Å². The van der Waals surface area contributed by atoms with Crippen LogP contribution in [0.3, 0.4) is 0 Å². The molecular weight excluding hydrogens is 190 g/mol. The number of amides is 1. The number of hydrogen-bond acceptors (Lipinski definition) is 2. The molecule has 1 aromatic rings. The summed E-state index contributed by atoms with van der Waals surface area (Å²) < 4.78 is 5.82. The first-order valence-electron chi connectivity index (χ1n) is 5.31. The highest BCUT2D eigenvalue weighted by Crippen LogP contribution is 2.36. The summed E-state index contributed by atoms with van der Waals surface area (Å²) in [5, 5.41) is 2.89. The van der Waals surface area contributed by atoms with Crippen LogP contribution in [-0.2, 0) is 4.79 Å². The van der Waals surface area contributed by atoms with Crippen molar-refractivity contribution < 1.29 is 9.53 Å². The Kier molecular flexibility index (Phi) is 2.39. The summed E-state index contributed by atoms with van der Waals surface area (Å²) in [7, 11) is 0. The Hall–Kier alpha value is -1.51. The molecule has 1 aliphatic heterocycles. The molecule has 0 aromatic heterocycles. The third-order valence-corrected chi connectivity index (χ3v) is 3.00. The fraction of sp³-hybridized carbons (Fsp3) is 0.417. The molecule has 0 aliphatic carbocycles. The van der Waals surface area contributed by atoms with E-state index in [-0.39, 0.29) is 5.91 Å². The van der Waals surface area contributed by atoms with E-state index in [0.717, 1.165) is 11.4 Å². The summed E-state index contributed by atoms with van der Waals surface area (Å²) in [6.07, 6.45) is 1.37. The second-order valence-corrected chi connectivity index (χ2v) is 3.75. The van der Waals surface area contributed by atoms with Crippen molar-refractivity contribution in [2.45, 2.75) is 32.3 Å². The molecule has 0 spiro atoms. The second-order valence-electron chi connectivity index (χ2n) is 3.75. The average Bonchev–Trinajstić information content (AvgIpc) is 2.28. The van der Waals surface area contributed by atoms with Crippen LogP contribution in [0.1, 0.15) is 26.7 Å². The van der Waals surface area contributed by atoms with Crippen molar-refractivity contribution >= 4 is 11.6 Å². The van der Waals surface area contributed by atoms with Crippen molar-refractivity contribution in [1.82, 2.24) is 0 Å². The monoisotopic (exact) mass is 205 g/mol. The molecule has 1 aromatic carbocycles. The van der Waals surface area contributed by atoms with Crippen LogP contribution in [0.15, 0.2) is 24.3 Å². The first-order valence-corrected chi connectivity index (χ1v) is 5.31. The summed E-state index contributed by atoms with van der Waals surface area (Å²) in [6, 6.07) is 7.52. The van der Waals surface area contributed by atoms with E-state index in [1.807, 2.05) is 38.1 Å². The quantitative estimate of drug-likeness (QED) is 0.805. The Labute approximate surface area is 89.4 Å². The second kappa shape index (κ2) is 3.57. The predicted octanol–water partition coefficient (Wildman–Crippen LogP) is 2.58. The van der Waals surface area contributed by atoms with Gasteiger partial charge in [0.2, 0.25) is 0 Å². The van der Waals surface area contributed by atoms with Gasteiger partial charge in [-0.15, -0.1) is 0 Å². The lowest BCUT2D eigenvalue weighted by atomic mass is 9.94. The summed E-state index contributed by atoms with van der Waals surface area (Å²) in [4.78, 5) is 11.9. The molecule has 0 saturated heterocycles. The number of ether oxygens (including phenoxy) is 1. The van der Waals surface area contributed by atoms with Gasteiger partial charge in [-0.1, -0.05) is 26.0 Å². The fourth-order valence-electron chi connectivity index (χ4n) is 1.87. The van der Waals surface area contributed by atoms with Gasteiger partial charge in [0.1, 0.15) is 5.75 Å². The van der Waals surface area contributed by atoms with Gasteiger partial charge in [0.25, 0.3) is 5.91 Å². The van der Waals surface area contributed by atoms with Crippen LogP contribution in [0.25, 0.3) is 0 Å². The molecule has 0 radical (unpaired) electrons. The minimum Gasteiger partial charge on any atom is -0.475 e. The molecule has 1 N–H and O–H groups in total. The van der Waals surface area contributed by atoms with Gasteiger partial charge in [-0.3, -0.25) is 4.79 Å². The zero-order valence-corrected chi connectivity index (χ0v) is 9.04. The zero-order valence-electron chi connectivity index (χ0n) is 9.04.